The Balaban J connectivity index is 1.50. The normalized spacial score (nSPS) is 10.9. The number of esters is 1. The number of benzene rings is 2. The molecule has 0 radical (unpaired) electrons. The molecule has 4 aromatic rings. The van der Waals surface area contributed by atoms with Gasteiger partial charge in [-0.3, -0.25) is 0 Å². The van der Waals surface area contributed by atoms with Gasteiger partial charge in [0.1, 0.15) is 22.9 Å². The van der Waals surface area contributed by atoms with Crippen molar-refractivity contribution in [2.75, 3.05) is 14.2 Å². The Morgan fingerprint density at radius 1 is 1.13 bits per heavy atom. The lowest BCUT2D eigenvalue weighted by Crippen LogP contribution is -2.05. The summed E-state index contributed by atoms with van der Waals surface area (Å²) in [5.74, 6) is 0.349. The van der Waals surface area contributed by atoms with Crippen LogP contribution in [0.1, 0.15) is 22.0 Å². The minimum absolute atomic E-state index is 0.00726. The van der Waals surface area contributed by atoms with Crippen LogP contribution in [0.15, 0.2) is 45.3 Å². The molecule has 0 N–H and O–H groups in total. The van der Waals surface area contributed by atoms with Gasteiger partial charge in [-0.05, 0) is 37.3 Å². The fourth-order valence-electron chi connectivity index (χ4n) is 2.99. The minimum Gasteiger partial charge on any atom is -0.497 e. The van der Waals surface area contributed by atoms with Gasteiger partial charge in [0.05, 0.1) is 19.8 Å². The third-order valence-electron chi connectivity index (χ3n) is 4.53. The predicted molar refractivity (Wildman–Crippen MR) is 103 cm³/mol. The van der Waals surface area contributed by atoms with E-state index in [4.69, 9.17) is 23.2 Å². The van der Waals surface area contributed by atoms with Crippen molar-refractivity contribution >= 4 is 16.9 Å². The third-order valence-corrected chi connectivity index (χ3v) is 4.53. The molecule has 0 aliphatic heterocycles. The number of carbonyl (C=O) groups excluding carboxylic acids is 1. The van der Waals surface area contributed by atoms with Crippen LogP contribution in [-0.4, -0.2) is 30.3 Å². The van der Waals surface area contributed by atoms with Gasteiger partial charge in [0.15, 0.2) is 6.61 Å². The molecule has 0 atom stereocenters. The number of methoxy groups -OCH3 is 2. The van der Waals surface area contributed by atoms with E-state index in [0.717, 1.165) is 0 Å². The lowest BCUT2D eigenvalue weighted by molar-refractivity contribution is 0.0395. The molecule has 2 aromatic heterocycles. The standard InChI is InChI=1S/C21H17FN2O6/c1-11-15-8-12(22)4-7-16(15)29-19(11)21(25)28-10-18-23-20(24-30-18)14-6-5-13(26-2)9-17(14)27-3/h4-9H,10H2,1-3H3. The SMILES string of the molecule is COc1ccc(-c2noc(COC(=O)c3oc4ccc(F)cc4c3C)n2)c(OC)c1. The first-order chi connectivity index (χ1) is 14.5. The fourth-order valence-corrected chi connectivity index (χ4v) is 2.99. The average Bonchev–Trinajstić information content (AvgIpc) is 3.36. The second-order valence-corrected chi connectivity index (χ2v) is 6.35. The largest absolute Gasteiger partial charge is 0.497 e. The molecule has 0 spiro atoms. The number of nitrogens with zero attached hydrogens (tertiary/aromatic N) is 2. The van der Waals surface area contributed by atoms with Crippen molar-refractivity contribution in [3.63, 3.8) is 0 Å². The van der Waals surface area contributed by atoms with Gasteiger partial charge < -0.3 is 23.2 Å². The maximum atomic E-state index is 13.4. The topological polar surface area (TPSA) is 96.8 Å². The zero-order valence-electron chi connectivity index (χ0n) is 16.4. The van der Waals surface area contributed by atoms with Crippen molar-refractivity contribution in [3.05, 3.63) is 59.4 Å². The highest BCUT2D eigenvalue weighted by molar-refractivity contribution is 5.95. The Bertz CT molecular complexity index is 1230. The van der Waals surface area contributed by atoms with Crippen molar-refractivity contribution in [1.82, 2.24) is 10.1 Å². The quantitative estimate of drug-likeness (QED) is 0.432. The molecular weight excluding hydrogens is 395 g/mol. The summed E-state index contributed by atoms with van der Waals surface area (Å²) in [7, 11) is 3.07. The smallest absolute Gasteiger partial charge is 0.375 e. The molecule has 0 aliphatic carbocycles. The van der Waals surface area contributed by atoms with Crippen LogP contribution in [0.2, 0.25) is 0 Å². The van der Waals surface area contributed by atoms with Crippen LogP contribution in [0, 0.1) is 12.7 Å². The van der Waals surface area contributed by atoms with E-state index < -0.39 is 11.8 Å². The average molecular weight is 412 g/mol. The van der Waals surface area contributed by atoms with E-state index in [-0.39, 0.29) is 24.1 Å². The lowest BCUT2D eigenvalue weighted by atomic mass is 10.1. The molecule has 0 unspecified atom stereocenters. The van der Waals surface area contributed by atoms with Crippen LogP contribution in [0.4, 0.5) is 4.39 Å². The summed E-state index contributed by atoms with van der Waals surface area (Å²) in [5, 5.41) is 4.41. The summed E-state index contributed by atoms with van der Waals surface area (Å²) >= 11 is 0. The number of halogens is 1. The molecule has 0 saturated carbocycles. The van der Waals surface area contributed by atoms with Crippen LogP contribution < -0.4 is 9.47 Å². The monoisotopic (exact) mass is 412 g/mol. The highest BCUT2D eigenvalue weighted by atomic mass is 19.1. The van der Waals surface area contributed by atoms with Crippen LogP contribution in [0.25, 0.3) is 22.4 Å². The van der Waals surface area contributed by atoms with Gasteiger partial charge in [-0.25, -0.2) is 9.18 Å². The van der Waals surface area contributed by atoms with E-state index >= 15 is 0 Å². The van der Waals surface area contributed by atoms with Gasteiger partial charge in [-0.2, -0.15) is 4.98 Å². The summed E-state index contributed by atoms with van der Waals surface area (Å²) < 4.78 is 39.8. The summed E-state index contributed by atoms with van der Waals surface area (Å²) in [4.78, 5) is 16.6. The highest BCUT2D eigenvalue weighted by Crippen LogP contribution is 2.32. The Kier molecular flexibility index (Phi) is 5.09. The van der Waals surface area contributed by atoms with E-state index in [9.17, 15) is 9.18 Å². The van der Waals surface area contributed by atoms with Crippen molar-refractivity contribution in [3.8, 4) is 22.9 Å². The number of hydrogen-bond acceptors (Lipinski definition) is 8. The molecule has 2 heterocycles. The maximum Gasteiger partial charge on any atom is 0.375 e. The van der Waals surface area contributed by atoms with Crippen molar-refractivity contribution in [1.29, 1.82) is 0 Å². The summed E-state index contributed by atoms with van der Waals surface area (Å²) in [6.45, 7) is 1.40. The molecule has 154 valence electrons. The van der Waals surface area contributed by atoms with Gasteiger partial charge in [-0.1, -0.05) is 5.16 Å². The second kappa shape index (κ2) is 7.86. The number of rotatable bonds is 6. The number of hydrogen-bond donors (Lipinski definition) is 0. The van der Waals surface area contributed by atoms with Gasteiger partial charge in [0, 0.05) is 17.0 Å². The second-order valence-electron chi connectivity index (χ2n) is 6.35. The number of aryl methyl sites for hydroxylation is 1. The predicted octanol–water partition coefficient (Wildman–Crippen LogP) is 4.30. The number of fused-ring (bicyclic) bond motifs is 1. The Morgan fingerprint density at radius 3 is 2.73 bits per heavy atom. The molecule has 0 saturated heterocycles. The summed E-state index contributed by atoms with van der Waals surface area (Å²) in [6, 6.07) is 9.18. The van der Waals surface area contributed by atoms with E-state index in [1.54, 1.807) is 32.2 Å². The van der Waals surface area contributed by atoms with E-state index in [1.807, 2.05) is 0 Å². The number of furan rings is 1. The number of ether oxygens (including phenoxy) is 3. The zero-order chi connectivity index (χ0) is 21.3. The van der Waals surface area contributed by atoms with E-state index in [1.165, 1.54) is 25.3 Å². The summed E-state index contributed by atoms with van der Waals surface area (Å²) in [5.41, 5.74) is 1.48. The molecular formula is C21H17FN2O6. The van der Waals surface area contributed by atoms with E-state index in [2.05, 4.69) is 10.1 Å². The lowest BCUT2D eigenvalue weighted by Gasteiger charge is -2.07. The minimum atomic E-state index is -0.717. The molecule has 0 amide bonds. The fraction of sp³-hybridized carbons (Fsp3) is 0.190. The first-order valence-corrected chi connectivity index (χ1v) is 8.91. The van der Waals surface area contributed by atoms with Gasteiger partial charge in [-0.15, -0.1) is 0 Å². The van der Waals surface area contributed by atoms with Crippen LogP contribution in [0.5, 0.6) is 11.5 Å². The number of aromatic nitrogens is 2. The Morgan fingerprint density at radius 2 is 1.97 bits per heavy atom. The number of carbonyl (C=O) groups is 1. The highest BCUT2D eigenvalue weighted by Gasteiger charge is 2.21. The van der Waals surface area contributed by atoms with Gasteiger partial charge >= 0.3 is 5.97 Å². The van der Waals surface area contributed by atoms with Crippen LogP contribution >= 0.6 is 0 Å². The molecule has 0 fully saturated rings. The first-order valence-electron chi connectivity index (χ1n) is 8.91. The Labute approximate surface area is 170 Å². The third kappa shape index (κ3) is 3.57. The maximum absolute atomic E-state index is 13.4. The Hall–Kier alpha value is -3.88. The molecule has 30 heavy (non-hydrogen) atoms. The molecule has 8 nitrogen and oxygen atoms in total. The molecule has 0 bridgehead atoms. The van der Waals surface area contributed by atoms with Crippen LogP contribution in [-0.2, 0) is 11.3 Å². The van der Waals surface area contributed by atoms with Gasteiger partial charge in [0.2, 0.25) is 11.6 Å². The zero-order valence-corrected chi connectivity index (χ0v) is 16.4. The van der Waals surface area contributed by atoms with Gasteiger partial charge in [0.25, 0.3) is 5.89 Å². The molecule has 4 rings (SSSR count). The first kappa shape index (κ1) is 19.4. The molecule has 9 heteroatoms. The van der Waals surface area contributed by atoms with Crippen molar-refractivity contribution in [2.24, 2.45) is 0 Å². The molecule has 2 aromatic carbocycles. The van der Waals surface area contributed by atoms with Crippen molar-refractivity contribution in [2.45, 2.75) is 13.5 Å². The summed E-state index contributed by atoms with van der Waals surface area (Å²) in [6.07, 6.45) is 0. The van der Waals surface area contributed by atoms with Crippen LogP contribution in [0.3, 0.4) is 0 Å². The molecule has 0 aliphatic rings. The van der Waals surface area contributed by atoms with E-state index in [0.29, 0.717) is 33.6 Å². The van der Waals surface area contributed by atoms with Crippen molar-refractivity contribution < 1.29 is 32.3 Å².